The van der Waals surface area contributed by atoms with E-state index in [2.05, 4.69) is 0 Å². The van der Waals surface area contributed by atoms with Crippen LogP contribution in [0.4, 0.5) is 0 Å². The monoisotopic (exact) mass is 200 g/mol. The van der Waals surface area contributed by atoms with Gasteiger partial charge in [-0.2, -0.15) is 0 Å². The molecule has 0 aromatic rings. The van der Waals surface area contributed by atoms with E-state index >= 15 is 0 Å². The Morgan fingerprint density at radius 3 is 2.79 bits per heavy atom. The van der Waals surface area contributed by atoms with Crippen LogP contribution in [0.3, 0.4) is 0 Å². The number of allylic oxidation sites excluding steroid dienone is 1. The molecule has 3 unspecified atom stereocenters. The molecule has 0 amide bonds. The van der Waals surface area contributed by atoms with Gasteiger partial charge in [0.1, 0.15) is 0 Å². The summed E-state index contributed by atoms with van der Waals surface area (Å²) in [4.78, 5) is 10.3. The molecule has 0 aromatic heterocycles. The van der Waals surface area contributed by atoms with E-state index in [9.17, 15) is 9.90 Å². The lowest BCUT2D eigenvalue weighted by Gasteiger charge is -2.30. The maximum absolute atomic E-state index is 10.3. The second-order valence-electron chi connectivity index (χ2n) is 3.61. The highest BCUT2D eigenvalue weighted by molar-refractivity contribution is 5.79. The average Bonchev–Trinajstić information content (AvgIpc) is 2.16. The minimum absolute atomic E-state index is 0.160. The first kappa shape index (κ1) is 11.2. The lowest BCUT2D eigenvalue weighted by Crippen LogP contribution is -2.34. The van der Waals surface area contributed by atoms with Crippen LogP contribution in [0.2, 0.25) is 0 Å². The van der Waals surface area contributed by atoms with Gasteiger partial charge in [0.15, 0.2) is 0 Å². The van der Waals surface area contributed by atoms with E-state index in [1.807, 2.05) is 0 Å². The molecule has 2 N–H and O–H groups in total. The molecule has 0 radical (unpaired) electrons. The smallest absolute Gasteiger partial charge is 0.327 e. The van der Waals surface area contributed by atoms with E-state index in [0.717, 1.165) is 12.5 Å². The summed E-state index contributed by atoms with van der Waals surface area (Å²) in [6, 6.07) is 0. The fourth-order valence-corrected chi connectivity index (χ4v) is 1.79. The quantitative estimate of drug-likeness (QED) is 0.661. The Hall–Kier alpha value is -0.870. The van der Waals surface area contributed by atoms with Gasteiger partial charge in [0, 0.05) is 13.2 Å². The third-order valence-electron chi connectivity index (χ3n) is 2.61. The zero-order valence-electron chi connectivity index (χ0n) is 8.22. The number of ether oxygens (including phenoxy) is 1. The SMILES string of the molecule is COC1CC(/C=C\C(=O)O)CCC1O. The Kier molecular flexibility index (Phi) is 4.10. The topological polar surface area (TPSA) is 66.8 Å². The highest BCUT2D eigenvalue weighted by Crippen LogP contribution is 2.27. The van der Waals surface area contributed by atoms with Gasteiger partial charge in [-0.05, 0) is 25.2 Å². The number of carboxylic acids is 1. The maximum atomic E-state index is 10.3. The van der Waals surface area contributed by atoms with Crippen LogP contribution in [0.5, 0.6) is 0 Å². The number of aliphatic hydroxyl groups excluding tert-OH is 1. The first-order valence-corrected chi connectivity index (χ1v) is 4.75. The molecule has 0 aliphatic heterocycles. The number of aliphatic hydroxyl groups is 1. The van der Waals surface area contributed by atoms with Gasteiger partial charge in [-0.1, -0.05) is 6.08 Å². The predicted molar refractivity (Wildman–Crippen MR) is 50.9 cm³/mol. The summed E-state index contributed by atoms with van der Waals surface area (Å²) in [5.41, 5.74) is 0. The Labute approximate surface area is 83.2 Å². The fraction of sp³-hybridized carbons (Fsp3) is 0.700. The Morgan fingerprint density at radius 1 is 1.50 bits per heavy atom. The average molecular weight is 200 g/mol. The second-order valence-corrected chi connectivity index (χ2v) is 3.61. The highest BCUT2D eigenvalue weighted by Gasteiger charge is 2.27. The molecular formula is C10H16O4. The molecule has 4 heteroatoms. The van der Waals surface area contributed by atoms with Crippen LogP contribution in [0, 0.1) is 5.92 Å². The summed E-state index contributed by atoms with van der Waals surface area (Å²) in [7, 11) is 1.57. The van der Waals surface area contributed by atoms with Crippen molar-refractivity contribution in [2.75, 3.05) is 7.11 Å². The van der Waals surface area contributed by atoms with E-state index in [4.69, 9.17) is 9.84 Å². The van der Waals surface area contributed by atoms with E-state index in [-0.39, 0.29) is 12.0 Å². The molecule has 1 saturated carbocycles. The lowest BCUT2D eigenvalue weighted by atomic mass is 9.85. The molecular weight excluding hydrogens is 184 g/mol. The molecule has 1 rings (SSSR count). The van der Waals surface area contributed by atoms with Crippen molar-refractivity contribution in [3.63, 3.8) is 0 Å². The molecule has 0 saturated heterocycles. The van der Waals surface area contributed by atoms with Gasteiger partial charge in [0.2, 0.25) is 0 Å². The van der Waals surface area contributed by atoms with E-state index in [1.54, 1.807) is 13.2 Å². The zero-order chi connectivity index (χ0) is 10.6. The summed E-state index contributed by atoms with van der Waals surface area (Å²) in [5, 5.41) is 18.0. The number of rotatable bonds is 3. The molecule has 1 fully saturated rings. The van der Waals surface area contributed by atoms with Crippen molar-refractivity contribution < 1.29 is 19.7 Å². The first-order chi connectivity index (χ1) is 6.63. The minimum Gasteiger partial charge on any atom is -0.478 e. The van der Waals surface area contributed by atoms with Crippen LogP contribution in [0.25, 0.3) is 0 Å². The summed E-state index contributed by atoms with van der Waals surface area (Å²) in [6.45, 7) is 0. The van der Waals surface area contributed by atoms with Crippen LogP contribution in [-0.2, 0) is 9.53 Å². The van der Waals surface area contributed by atoms with E-state index in [1.165, 1.54) is 0 Å². The van der Waals surface area contributed by atoms with Crippen molar-refractivity contribution in [2.24, 2.45) is 5.92 Å². The van der Waals surface area contributed by atoms with Crippen molar-refractivity contribution in [1.82, 2.24) is 0 Å². The number of carbonyl (C=O) groups is 1. The fourth-order valence-electron chi connectivity index (χ4n) is 1.79. The lowest BCUT2D eigenvalue weighted by molar-refractivity contribution is -0.131. The van der Waals surface area contributed by atoms with Crippen molar-refractivity contribution in [3.8, 4) is 0 Å². The molecule has 1 aliphatic carbocycles. The first-order valence-electron chi connectivity index (χ1n) is 4.75. The molecule has 0 heterocycles. The molecule has 1 aliphatic rings. The third-order valence-corrected chi connectivity index (χ3v) is 2.61. The van der Waals surface area contributed by atoms with Crippen molar-refractivity contribution in [1.29, 1.82) is 0 Å². The summed E-state index contributed by atoms with van der Waals surface area (Å²) in [6.07, 6.45) is 4.47. The Bertz CT molecular complexity index is 224. The van der Waals surface area contributed by atoms with Crippen LogP contribution in [0.15, 0.2) is 12.2 Å². The van der Waals surface area contributed by atoms with Gasteiger partial charge < -0.3 is 14.9 Å². The van der Waals surface area contributed by atoms with E-state index in [0.29, 0.717) is 12.8 Å². The van der Waals surface area contributed by atoms with Crippen LogP contribution < -0.4 is 0 Å². The molecule has 4 nitrogen and oxygen atoms in total. The third kappa shape index (κ3) is 3.12. The normalized spacial score (nSPS) is 33.4. The Balaban J connectivity index is 2.46. The van der Waals surface area contributed by atoms with Crippen LogP contribution >= 0.6 is 0 Å². The van der Waals surface area contributed by atoms with E-state index < -0.39 is 12.1 Å². The standard InChI is InChI=1S/C10H16O4/c1-14-9-6-7(2-4-8(9)11)3-5-10(12)13/h3,5,7-9,11H,2,4,6H2,1H3,(H,12,13)/b5-3-. The van der Waals surface area contributed by atoms with Gasteiger partial charge in [-0.3, -0.25) is 0 Å². The van der Waals surface area contributed by atoms with Gasteiger partial charge >= 0.3 is 5.97 Å². The number of hydrogen-bond donors (Lipinski definition) is 2. The summed E-state index contributed by atoms with van der Waals surface area (Å²) in [5.74, 6) is -0.718. The molecule has 0 spiro atoms. The predicted octanol–water partition coefficient (Wildman–Crippen LogP) is 0.803. The van der Waals surface area contributed by atoms with Gasteiger partial charge in [0.05, 0.1) is 12.2 Å². The van der Waals surface area contributed by atoms with Gasteiger partial charge in [-0.15, -0.1) is 0 Å². The Morgan fingerprint density at radius 2 is 2.21 bits per heavy atom. The molecule has 0 aromatic carbocycles. The molecule has 14 heavy (non-hydrogen) atoms. The van der Waals surface area contributed by atoms with Crippen molar-refractivity contribution >= 4 is 5.97 Å². The largest absolute Gasteiger partial charge is 0.478 e. The zero-order valence-corrected chi connectivity index (χ0v) is 8.22. The van der Waals surface area contributed by atoms with Crippen LogP contribution in [-0.4, -0.2) is 35.5 Å². The van der Waals surface area contributed by atoms with Crippen LogP contribution in [0.1, 0.15) is 19.3 Å². The number of carboxylic acid groups (broad SMARTS) is 1. The van der Waals surface area contributed by atoms with Gasteiger partial charge in [0.25, 0.3) is 0 Å². The number of hydrogen-bond acceptors (Lipinski definition) is 3. The number of methoxy groups -OCH3 is 1. The summed E-state index contributed by atoms with van der Waals surface area (Å²) >= 11 is 0. The highest BCUT2D eigenvalue weighted by atomic mass is 16.5. The molecule has 0 bridgehead atoms. The van der Waals surface area contributed by atoms with Gasteiger partial charge in [-0.25, -0.2) is 4.79 Å². The molecule has 3 atom stereocenters. The van der Waals surface area contributed by atoms with Crippen molar-refractivity contribution in [3.05, 3.63) is 12.2 Å². The van der Waals surface area contributed by atoms with Crippen molar-refractivity contribution in [2.45, 2.75) is 31.5 Å². The summed E-state index contributed by atoms with van der Waals surface area (Å²) < 4.78 is 5.11. The second kappa shape index (κ2) is 5.12. The molecule has 80 valence electrons. The maximum Gasteiger partial charge on any atom is 0.327 e. The number of aliphatic carboxylic acids is 1. The minimum atomic E-state index is -0.926.